The van der Waals surface area contributed by atoms with E-state index in [0.29, 0.717) is 13.0 Å². The average Bonchev–Trinajstić information content (AvgIpc) is 2.44. The molecule has 1 heterocycles. The van der Waals surface area contributed by atoms with Crippen molar-refractivity contribution in [1.82, 2.24) is 0 Å². The first kappa shape index (κ1) is 13.4. The van der Waals surface area contributed by atoms with E-state index in [-0.39, 0.29) is 5.91 Å². The Morgan fingerprint density at radius 2 is 1.95 bits per heavy atom. The van der Waals surface area contributed by atoms with Crippen molar-refractivity contribution >= 4 is 27.5 Å². The first-order chi connectivity index (χ1) is 9.65. The van der Waals surface area contributed by atoms with Gasteiger partial charge in [0.2, 0.25) is 5.91 Å². The van der Waals surface area contributed by atoms with E-state index in [1.54, 1.807) is 0 Å². The van der Waals surface area contributed by atoms with Gasteiger partial charge in [-0.25, -0.2) is 0 Å². The fraction of sp³-hybridized carbons (Fsp3) is 0.235. The highest BCUT2D eigenvalue weighted by atomic mass is 79.9. The first-order valence-corrected chi connectivity index (χ1v) is 7.58. The summed E-state index contributed by atoms with van der Waals surface area (Å²) in [5.74, 6) is 0.211. The Hall–Kier alpha value is -1.61. The molecule has 1 aliphatic heterocycles. The molecule has 0 N–H and O–H groups in total. The number of fused-ring (bicyclic) bond motifs is 1. The van der Waals surface area contributed by atoms with Crippen LogP contribution < -0.4 is 4.90 Å². The summed E-state index contributed by atoms with van der Waals surface area (Å²) in [6.45, 7) is 2.74. The predicted molar refractivity (Wildman–Crippen MR) is 84.8 cm³/mol. The smallest absolute Gasteiger partial charge is 0.227 e. The molecule has 2 nitrogen and oxygen atoms in total. The third-order valence-corrected chi connectivity index (χ3v) is 4.32. The van der Waals surface area contributed by atoms with Crippen LogP contribution in [-0.2, 0) is 17.8 Å². The topological polar surface area (TPSA) is 20.3 Å². The molecule has 3 rings (SSSR count). The Bertz CT molecular complexity index is 666. The van der Waals surface area contributed by atoms with Crippen LogP contribution in [0, 0.1) is 6.92 Å². The van der Waals surface area contributed by atoms with E-state index in [1.807, 2.05) is 29.2 Å². The summed E-state index contributed by atoms with van der Waals surface area (Å²) in [5, 5.41) is 0. The molecule has 3 heteroatoms. The van der Waals surface area contributed by atoms with Crippen molar-refractivity contribution in [2.75, 3.05) is 4.90 Å². The van der Waals surface area contributed by atoms with Crippen molar-refractivity contribution in [3.05, 3.63) is 63.6 Å². The zero-order chi connectivity index (χ0) is 14.1. The van der Waals surface area contributed by atoms with Crippen LogP contribution in [0.2, 0.25) is 0 Å². The Labute approximate surface area is 127 Å². The minimum atomic E-state index is 0.211. The van der Waals surface area contributed by atoms with Crippen molar-refractivity contribution in [3.63, 3.8) is 0 Å². The second-order valence-corrected chi connectivity index (χ2v) is 6.10. The molecule has 2 aromatic rings. The lowest BCUT2D eigenvalue weighted by Gasteiger charge is -2.30. The third kappa shape index (κ3) is 2.50. The molecule has 1 aliphatic rings. The second-order valence-electron chi connectivity index (χ2n) is 5.18. The number of hydrogen-bond donors (Lipinski definition) is 0. The highest BCUT2D eigenvalue weighted by molar-refractivity contribution is 9.10. The molecule has 0 saturated carbocycles. The summed E-state index contributed by atoms with van der Waals surface area (Å²) in [5.41, 5.74) is 4.72. The number of amides is 1. The second kappa shape index (κ2) is 5.41. The van der Waals surface area contributed by atoms with Gasteiger partial charge >= 0.3 is 0 Å². The van der Waals surface area contributed by atoms with Crippen LogP contribution in [0.1, 0.15) is 23.1 Å². The maximum absolute atomic E-state index is 12.3. The SMILES string of the molecule is Cc1ccccc1CN1C(=O)CCc2cc(Br)ccc21. The number of rotatable bonds is 2. The summed E-state index contributed by atoms with van der Waals surface area (Å²) in [7, 11) is 0. The predicted octanol–water partition coefficient (Wildman–Crippen LogP) is 4.24. The number of anilines is 1. The van der Waals surface area contributed by atoms with Crippen molar-refractivity contribution in [3.8, 4) is 0 Å². The van der Waals surface area contributed by atoms with Gasteiger partial charge in [0.25, 0.3) is 0 Å². The number of carbonyl (C=O) groups is 1. The molecule has 0 aliphatic carbocycles. The van der Waals surface area contributed by atoms with Crippen LogP contribution in [0.3, 0.4) is 0 Å². The minimum Gasteiger partial charge on any atom is -0.308 e. The van der Waals surface area contributed by atoms with Gasteiger partial charge in [-0.15, -0.1) is 0 Å². The standard InChI is InChI=1S/C17H16BrNO/c1-12-4-2-3-5-14(12)11-19-16-8-7-15(18)10-13(16)6-9-17(19)20/h2-5,7-8,10H,6,9,11H2,1H3. The minimum absolute atomic E-state index is 0.211. The zero-order valence-electron chi connectivity index (χ0n) is 11.4. The number of aryl methyl sites for hydroxylation is 2. The van der Waals surface area contributed by atoms with E-state index in [2.05, 4.69) is 41.1 Å². The molecule has 0 atom stereocenters. The summed E-state index contributed by atoms with van der Waals surface area (Å²) in [6.07, 6.45) is 1.42. The number of carbonyl (C=O) groups excluding carboxylic acids is 1. The maximum atomic E-state index is 12.3. The molecule has 0 spiro atoms. The fourth-order valence-electron chi connectivity index (χ4n) is 2.66. The van der Waals surface area contributed by atoms with Crippen molar-refractivity contribution in [2.45, 2.75) is 26.3 Å². The molecule has 0 bridgehead atoms. The lowest BCUT2D eigenvalue weighted by Crippen LogP contribution is -2.34. The quantitative estimate of drug-likeness (QED) is 0.807. The normalized spacial score (nSPS) is 14.3. The van der Waals surface area contributed by atoms with Crippen molar-refractivity contribution in [1.29, 1.82) is 0 Å². The van der Waals surface area contributed by atoms with E-state index in [4.69, 9.17) is 0 Å². The largest absolute Gasteiger partial charge is 0.308 e. The van der Waals surface area contributed by atoms with Crippen LogP contribution in [0.5, 0.6) is 0 Å². The van der Waals surface area contributed by atoms with Gasteiger partial charge in [0.15, 0.2) is 0 Å². The summed E-state index contributed by atoms with van der Waals surface area (Å²) in [4.78, 5) is 14.2. The van der Waals surface area contributed by atoms with Crippen molar-refractivity contribution < 1.29 is 4.79 Å². The Balaban J connectivity index is 1.97. The average molecular weight is 330 g/mol. The van der Waals surface area contributed by atoms with E-state index >= 15 is 0 Å². The molecular formula is C17H16BrNO. The monoisotopic (exact) mass is 329 g/mol. The molecule has 0 unspecified atom stereocenters. The van der Waals surface area contributed by atoms with E-state index < -0.39 is 0 Å². The van der Waals surface area contributed by atoms with Gasteiger partial charge in [-0.2, -0.15) is 0 Å². The lowest BCUT2D eigenvalue weighted by atomic mass is 9.99. The molecule has 0 radical (unpaired) electrons. The van der Waals surface area contributed by atoms with Gasteiger partial charge in [-0.1, -0.05) is 40.2 Å². The van der Waals surface area contributed by atoms with Gasteiger partial charge in [-0.3, -0.25) is 4.79 Å². The number of hydrogen-bond acceptors (Lipinski definition) is 1. The van der Waals surface area contributed by atoms with Gasteiger partial charge < -0.3 is 4.90 Å². The van der Waals surface area contributed by atoms with Gasteiger partial charge in [0.05, 0.1) is 6.54 Å². The third-order valence-electron chi connectivity index (χ3n) is 3.83. The van der Waals surface area contributed by atoms with E-state index in [9.17, 15) is 4.79 Å². The molecule has 0 saturated heterocycles. The van der Waals surface area contributed by atoms with Crippen LogP contribution in [-0.4, -0.2) is 5.91 Å². The first-order valence-electron chi connectivity index (χ1n) is 6.78. The Morgan fingerprint density at radius 1 is 1.15 bits per heavy atom. The molecule has 2 aromatic carbocycles. The fourth-order valence-corrected chi connectivity index (χ4v) is 3.07. The summed E-state index contributed by atoms with van der Waals surface area (Å²) < 4.78 is 1.07. The van der Waals surface area contributed by atoms with E-state index in [0.717, 1.165) is 16.6 Å². The molecule has 20 heavy (non-hydrogen) atoms. The molecule has 1 amide bonds. The number of halogens is 1. The van der Waals surface area contributed by atoms with Crippen molar-refractivity contribution in [2.24, 2.45) is 0 Å². The molecular weight excluding hydrogens is 314 g/mol. The van der Waals surface area contributed by atoms with Crippen LogP contribution in [0.25, 0.3) is 0 Å². The Morgan fingerprint density at radius 3 is 2.75 bits per heavy atom. The number of nitrogens with zero attached hydrogens (tertiary/aromatic N) is 1. The molecule has 0 fully saturated rings. The summed E-state index contributed by atoms with van der Waals surface area (Å²) in [6, 6.07) is 14.4. The van der Waals surface area contributed by atoms with Crippen LogP contribution in [0.15, 0.2) is 46.9 Å². The summed E-state index contributed by atoms with van der Waals surface area (Å²) >= 11 is 3.50. The number of benzene rings is 2. The highest BCUT2D eigenvalue weighted by Crippen LogP contribution is 2.31. The van der Waals surface area contributed by atoms with Crippen LogP contribution in [0.4, 0.5) is 5.69 Å². The van der Waals surface area contributed by atoms with Gasteiger partial charge in [0, 0.05) is 16.6 Å². The van der Waals surface area contributed by atoms with Crippen LogP contribution >= 0.6 is 15.9 Å². The van der Waals surface area contributed by atoms with Gasteiger partial charge in [-0.05, 0) is 48.2 Å². The zero-order valence-corrected chi connectivity index (χ0v) is 13.0. The molecule has 102 valence electrons. The molecule has 0 aromatic heterocycles. The van der Waals surface area contributed by atoms with E-state index in [1.165, 1.54) is 16.7 Å². The maximum Gasteiger partial charge on any atom is 0.227 e. The lowest BCUT2D eigenvalue weighted by molar-refractivity contribution is -0.119. The van der Waals surface area contributed by atoms with Gasteiger partial charge in [0.1, 0.15) is 0 Å². The highest BCUT2D eigenvalue weighted by Gasteiger charge is 2.24. The Kier molecular flexibility index (Phi) is 3.62.